The number of ether oxygens (including phenoxy) is 1. The lowest BCUT2D eigenvalue weighted by Crippen LogP contribution is -2.37. The zero-order chi connectivity index (χ0) is 22.7. The Balaban J connectivity index is 1.47. The molecule has 3 aromatic rings. The Bertz CT molecular complexity index is 1190. The molecular formula is C24H19N3O5. The van der Waals surface area contributed by atoms with Gasteiger partial charge in [0.15, 0.2) is 0 Å². The molecule has 8 heteroatoms. The Hall–Kier alpha value is -4.46. The predicted molar refractivity (Wildman–Crippen MR) is 118 cm³/mol. The first-order valence-electron chi connectivity index (χ1n) is 9.77. The van der Waals surface area contributed by atoms with Crippen molar-refractivity contribution in [3.05, 3.63) is 89.5 Å². The van der Waals surface area contributed by atoms with E-state index in [0.717, 1.165) is 4.90 Å². The van der Waals surface area contributed by atoms with Gasteiger partial charge in [0.05, 0.1) is 23.9 Å². The standard InChI is InChI=1S/C24H19N3O5/c1-32-20-12-11-16(13-19(20)26-22(29)15-7-3-2-4-8-15)25-21(28)14-27-23(30)17-9-5-6-10-18(17)24(27)31/h2-13H,14H2,1H3,(H,25,28)(H,26,29). The van der Waals surface area contributed by atoms with Crippen LogP contribution < -0.4 is 15.4 Å². The Morgan fingerprint density at radius 3 is 2.09 bits per heavy atom. The van der Waals surface area contributed by atoms with Crippen molar-refractivity contribution in [2.24, 2.45) is 0 Å². The van der Waals surface area contributed by atoms with Crippen LogP contribution in [0.4, 0.5) is 11.4 Å². The van der Waals surface area contributed by atoms with Gasteiger partial charge in [0, 0.05) is 11.3 Å². The topological polar surface area (TPSA) is 105 Å². The number of amides is 4. The lowest BCUT2D eigenvalue weighted by molar-refractivity contribution is -0.116. The van der Waals surface area contributed by atoms with Crippen LogP contribution in [0.5, 0.6) is 5.75 Å². The number of carbonyl (C=O) groups is 4. The summed E-state index contributed by atoms with van der Waals surface area (Å²) >= 11 is 0. The molecule has 160 valence electrons. The van der Waals surface area contributed by atoms with Crippen LogP contribution in [0.15, 0.2) is 72.8 Å². The summed E-state index contributed by atoms with van der Waals surface area (Å²) in [6, 6.07) is 19.8. The molecule has 0 atom stereocenters. The van der Waals surface area contributed by atoms with Gasteiger partial charge in [-0.05, 0) is 42.5 Å². The molecule has 2 N–H and O–H groups in total. The summed E-state index contributed by atoms with van der Waals surface area (Å²) in [7, 11) is 1.47. The molecule has 0 aromatic heterocycles. The fraction of sp³-hybridized carbons (Fsp3) is 0.0833. The highest BCUT2D eigenvalue weighted by Gasteiger charge is 2.36. The van der Waals surface area contributed by atoms with Gasteiger partial charge in [0.25, 0.3) is 17.7 Å². The zero-order valence-electron chi connectivity index (χ0n) is 17.1. The minimum atomic E-state index is -0.551. The monoisotopic (exact) mass is 429 g/mol. The molecular weight excluding hydrogens is 410 g/mol. The van der Waals surface area contributed by atoms with Crippen LogP contribution in [-0.2, 0) is 4.79 Å². The molecule has 0 saturated heterocycles. The van der Waals surface area contributed by atoms with E-state index in [9.17, 15) is 19.2 Å². The highest BCUT2D eigenvalue weighted by atomic mass is 16.5. The molecule has 0 aliphatic carbocycles. The van der Waals surface area contributed by atoms with E-state index in [1.54, 1.807) is 66.7 Å². The number of nitrogens with one attached hydrogen (secondary N) is 2. The Labute approximate surface area is 183 Å². The van der Waals surface area contributed by atoms with Gasteiger partial charge in [-0.1, -0.05) is 30.3 Å². The fourth-order valence-corrected chi connectivity index (χ4v) is 3.39. The molecule has 0 bridgehead atoms. The van der Waals surface area contributed by atoms with Crippen LogP contribution >= 0.6 is 0 Å². The van der Waals surface area contributed by atoms with Crippen molar-refractivity contribution in [1.29, 1.82) is 0 Å². The van der Waals surface area contributed by atoms with Crippen LogP contribution in [0.2, 0.25) is 0 Å². The molecule has 0 radical (unpaired) electrons. The van der Waals surface area contributed by atoms with Gasteiger partial charge in [0.1, 0.15) is 12.3 Å². The Morgan fingerprint density at radius 2 is 1.47 bits per heavy atom. The van der Waals surface area contributed by atoms with Crippen molar-refractivity contribution in [2.75, 3.05) is 24.3 Å². The molecule has 0 fully saturated rings. The summed E-state index contributed by atoms with van der Waals surface area (Å²) < 4.78 is 5.29. The van der Waals surface area contributed by atoms with Crippen molar-refractivity contribution in [2.45, 2.75) is 0 Å². The largest absolute Gasteiger partial charge is 0.495 e. The number of carbonyl (C=O) groups excluding carboxylic acids is 4. The lowest BCUT2D eigenvalue weighted by atomic mass is 10.1. The Kier molecular flexibility index (Phi) is 5.67. The molecule has 4 amide bonds. The van der Waals surface area contributed by atoms with Gasteiger partial charge < -0.3 is 15.4 Å². The number of imide groups is 1. The molecule has 1 aliphatic heterocycles. The van der Waals surface area contributed by atoms with Crippen LogP contribution in [0.25, 0.3) is 0 Å². The van der Waals surface area contributed by atoms with Crippen molar-refractivity contribution in [1.82, 2.24) is 4.90 Å². The van der Waals surface area contributed by atoms with Gasteiger partial charge >= 0.3 is 0 Å². The average Bonchev–Trinajstić information content (AvgIpc) is 3.05. The fourth-order valence-electron chi connectivity index (χ4n) is 3.39. The summed E-state index contributed by atoms with van der Waals surface area (Å²) in [6.07, 6.45) is 0. The van der Waals surface area contributed by atoms with Crippen LogP contribution in [0.1, 0.15) is 31.1 Å². The molecule has 3 aromatic carbocycles. The van der Waals surface area contributed by atoms with Crippen LogP contribution in [0, 0.1) is 0 Å². The van der Waals surface area contributed by atoms with E-state index >= 15 is 0 Å². The van der Waals surface area contributed by atoms with Crippen molar-refractivity contribution in [3.8, 4) is 5.75 Å². The number of anilines is 2. The van der Waals surface area contributed by atoms with E-state index in [2.05, 4.69) is 10.6 Å². The van der Waals surface area contributed by atoms with Crippen molar-refractivity contribution >= 4 is 35.0 Å². The maximum atomic E-state index is 12.5. The van der Waals surface area contributed by atoms with Crippen LogP contribution in [0.3, 0.4) is 0 Å². The second-order valence-electron chi connectivity index (χ2n) is 7.03. The number of hydrogen-bond donors (Lipinski definition) is 2. The van der Waals surface area contributed by atoms with E-state index in [1.807, 2.05) is 6.07 Å². The predicted octanol–water partition coefficient (Wildman–Crippen LogP) is 3.18. The molecule has 0 unspecified atom stereocenters. The SMILES string of the molecule is COc1ccc(NC(=O)CN2C(=O)c3ccccc3C2=O)cc1NC(=O)c1ccccc1. The lowest BCUT2D eigenvalue weighted by Gasteiger charge is -2.15. The quantitative estimate of drug-likeness (QED) is 0.586. The molecule has 4 rings (SSSR count). The molecule has 1 heterocycles. The second-order valence-corrected chi connectivity index (χ2v) is 7.03. The van der Waals surface area contributed by atoms with Crippen LogP contribution in [-0.4, -0.2) is 42.2 Å². The second kappa shape index (κ2) is 8.73. The van der Waals surface area contributed by atoms with Gasteiger partial charge in [-0.25, -0.2) is 0 Å². The first kappa shape index (κ1) is 20.8. The first-order chi connectivity index (χ1) is 15.5. The van der Waals surface area contributed by atoms with E-state index in [1.165, 1.54) is 7.11 Å². The smallest absolute Gasteiger partial charge is 0.262 e. The van der Waals surface area contributed by atoms with Gasteiger partial charge in [-0.15, -0.1) is 0 Å². The number of rotatable bonds is 6. The van der Waals surface area contributed by atoms with Gasteiger partial charge in [0.2, 0.25) is 5.91 Å². The third kappa shape index (κ3) is 4.06. The van der Waals surface area contributed by atoms with Crippen molar-refractivity contribution < 1.29 is 23.9 Å². The molecule has 0 spiro atoms. The van der Waals surface area contributed by atoms with Gasteiger partial charge in [-0.3, -0.25) is 24.1 Å². The number of nitrogens with zero attached hydrogens (tertiary/aromatic N) is 1. The molecule has 32 heavy (non-hydrogen) atoms. The number of hydrogen-bond acceptors (Lipinski definition) is 5. The van der Waals surface area contributed by atoms with E-state index < -0.39 is 24.3 Å². The number of benzene rings is 3. The van der Waals surface area contributed by atoms with Gasteiger partial charge in [-0.2, -0.15) is 0 Å². The maximum Gasteiger partial charge on any atom is 0.262 e. The van der Waals surface area contributed by atoms with E-state index in [-0.39, 0.29) is 17.0 Å². The molecule has 1 aliphatic rings. The highest BCUT2D eigenvalue weighted by molar-refractivity contribution is 6.22. The summed E-state index contributed by atoms with van der Waals surface area (Å²) in [4.78, 5) is 50.8. The highest BCUT2D eigenvalue weighted by Crippen LogP contribution is 2.29. The third-order valence-electron chi connectivity index (χ3n) is 4.95. The summed E-state index contributed by atoms with van der Waals surface area (Å²) in [6.45, 7) is -0.427. The number of methoxy groups -OCH3 is 1. The van der Waals surface area contributed by atoms with E-state index in [4.69, 9.17) is 4.74 Å². The normalized spacial score (nSPS) is 12.3. The maximum absolute atomic E-state index is 12.5. The minimum Gasteiger partial charge on any atom is -0.495 e. The average molecular weight is 429 g/mol. The third-order valence-corrected chi connectivity index (χ3v) is 4.95. The first-order valence-corrected chi connectivity index (χ1v) is 9.77. The number of fused-ring (bicyclic) bond motifs is 1. The van der Waals surface area contributed by atoms with E-state index in [0.29, 0.717) is 22.7 Å². The zero-order valence-corrected chi connectivity index (χ0v) is 17.1. The summed E-state index contributed by atoms with van der Waals surface area (Å²) in [5.74, 6) is -1.49. The van der Waals surface area contributed by atoms with Crippen molar-refractivity contribution in [3.63, 3.8) is 0 Å². The summed E-state index contributed by atoms with van der Waals surface area (Å²) in [5.41, 5.74) is 1.76. The Morgan fingerprint density at radius 1 is 0.844 bits per heavy atom. The minimum absolute atomic E-state index is 0.278. The summed E-state index contributed by atoms with van der Waals surface area (Å²) in [5, 5.41) is 5.41. The molecule has 8 nitrogen and oxygen atoms in total. The molecule has 0 saturated carbocycles.